The maximum atomic E-state index is 13.1. The highest BCUT2D eigenvalue weighted by molar-refractivity contribution is 5.95. The highest BCUT2D eigenvalue weighted by Crippen LogP contribution is 2.29. The van der Waals surface area contributed by atoms with Gasteiger partial charge in [0.05, 0.1) is 0 Å². The number of para-hydroxylation sites is 3. The fourth-order valence-corrected chi connectivity index (χ4v) is 3.84. The molecule has 0 spiro atoms. The first-order valence-electron chi connectivity index (χ1n) is 9.65. The van der Waals surface area contributed by atoms with Crippen molar-refractivity contribution in [2.75, 3.05) is 29.4 Å². The molecule has 0 bridgehead atoms. The van der Waals surface area contributed by atoms with Crippen LogP contribution in [0.2, 0.25) is 0 Å². The Morgan fingerprint density at radius 3 is 2.56 bits per heavy atom. The summed E-state index contributed by atoms with van der Waals surface area (Å²) in [4.78, 5) is 21.8. The number of oxazole rings is 1. The lowest BCUT2D eigenvalue weighted by Gasteiger charge is -2.33. The number of rotatable bonds is 4. The van der Waals surface area contributed by atoms with Crippen molar-refractivity contribution < 1.29 is 9.21 Å². The molecule has 140 valence electrons. The minimum atomic E-state index is 0.0465. The molecule has 1 aliphatic heterocycles. The second kappa shape index (κ2) is 7.43. The van der Waals surface area contributed by atoms with Gasteiger partial charge in [0.25, 0.3) is 6.01 Å². The summed E-state index contributed by atoms with van der Waals surface area (Å²) >= 11 is 0. The normalized spacial score (nSPS) is 15.3. The summed E-state index contributed by atoms with van der Waals surface area (Å²) in [5, 5.41) is 0. The Bertz CT molecular complexity index is 908. The fourth-order valence-electron chi connectivity index (χ4n) is 3.84. The van der Waals surface area contributed by atoms with Gasteiger partial charge in [0.15, 0.2) is 5.58 Å². The van der Waals surface area contributed by atoms with Crippen LogP contribution in [0.3, 0.4) is 0 Å². The molecule has 1 saturated heterocycles. The summed E-state index contributed by atoms with van der Waals surface area (Å²) < 4.78 is 5.88. The van der Waals surface area contributed by atoms with Gasteiger partial charge in [0.1, 0.15) is 5.52 Å². The number of fused-ring (bicyclic) bond motifs is 1. The molecule has 3 aromatic rings. The van der Waals surface area contributed by atoms with Crippen LogP contribution in [0, 0.1) is 12.8 Å². The Morgan fingerprint density at radius 2 is 1.85 bits per heavy atom. The molecule has 1 amide bonds. The van der Waals surface area contributed by atoms with Crippen molar-refractivity contribution in [3.8, 4) is 0 Å². The monoisotopic (exact) mass is 363 g/mol. The molecule has 0 saturated carbocycles. The van der Waals surface area contributed by atoms with E-state index in [1.165, 1.54) is 0 Å². The Kier molecular flexibility index (Phi) is 4.84. The summed E-state index contributed by atoms with van der Waals surface area (Å²) in [5.41, 5.74) is 3.84. The highest BCUT2D eigenvalue weighted by Gasteiger charge is 2.30. The first kappa shape index (κ1) is 17.6. The van der Waals surface area contributed by atoms with Crippen molar-refractivity contribution in [1.82, 2.24) is 4.98 Å². The van der Waals surface area contributed by atoms with E-state index in [4.69, 9.17) is 4.42 Å². The fraction of sp³-hybridized carbons (Fsp3) is 0.364. The molecule has 4 rings (SSSR count). The van der Waals surface area contributed by atoms with Crippen molar-refractivity contribution in [2.45, 2.75) is 26.7 Å². The van der Waals surface area contributed by atoms with Crippen LogP contribution in [0.4, 0.5) is 11.7 Å². The molecule has 1 aliphatic rings. The lowest BCUT2D eigenvalue weighted by atomic mass is 9.95. The second-order valence-electron chi connectivity index (χ2n) is 7.09. The topological polar surface area (TPSA) is 49.6 Å². The smallest absolute Gasteiger partial charge is 0.298 e. The molecular weight excluding hydrogens is 338 g/mol. The van der Waals surface area contributed by atoms with E-state index in [-0.39, 0.29) is 11.8 Å². The number of amides is 1. The predicted octanol–water partition coefficient (Wildman–Crippen LogP) is 4.41. The third-order valence-electron chi connectivity index (χ3n) is 5.39. The summed E-state index contributed by atoms with van der Waals surface area (Å²) in [6.45, 7) is 6.36. The van der Waals surface area contributed by atoms with Crippen molar-refractivity contribution in [1.29, 1.82) is 0 Å². The van der Waals surface area contributed by atoms with Gasteiger partial charge in [0, 0.05) is 31.2 Å². The molecule has 27 heavy (non-hydrogen) atoms. The second-order valence-corrected chi connectivity index (χ2v) is 7.09. The molecule has 0 aliphatic carbocycles. The minimum Gasteiger partial charge on any atom is -0.423 e. The first-order valence-corrected chi connectivity index (χ1v) is 9.65. The van der Waals surface area contributed by atoms with Gasteiger partial charge in [-0.2, -0.15) is 4.98 Å². The summed E-state index contributed by atoms with van der Waals surface area (Å²) in [6.07, 6.45) is 1.64. The third kappa shape index (κ3) is 3.42. The minimum absolute atomic E-state index is 0.0465. The Balaban J connectivity index is 1.45. The van der Waals surface area contributed by atoms with Crippen LogP contribution < -0.4 is 9.80 Å². The van der Waals surface area contributed by atoms with Gasteiger partial charge in [-0.05, 0) is 50.5 Å². The predicted molar refractivity (Wildman–Crippen MR) is 108 cm³/mol. The molecule has 5 nitrogen and oxygen atoms in total. The van der Waals surface area contributed by atoms with Crippen molar-refractivity contribution in [3.05, 3.63) is 54.1 Å². The van der Waals surface area contributed by atoms with Gasteiger partial charge >= 0.3 is 0 Å². The zero-order chi connectivity index (χ0) is 18.8. The highest BCUT2D eigenvalue weighted by atomic mass is 16.4. The molecule has 0 unspecified atom stereocenters. The lowest BCUT2D eigenvalue weighted by molar-refractivity contribution is -0.122. The summed E-state index contributed by atoms with van der Waals surface area (Å²) in [6, 6.07) is 16.6. The van der Waals surface area contributed by atoms with E-state index in [0.29, 0.717) is 12.6 Å². The number of carbonyl (C=O) groups excluding carboxylic acids is 1. The molecule has 0 N–H and O–H groups in total. The number of aryl methyl sites for hydroxylation is 1. The number of hydrogen-bond donors (Lipinski definition) is 0. The van der Waals surface area contributed by atoms with E-state index in [9.17, 15) is 4.79 Å². The van der Waals surface area contributed by atoms with Gasteiger partial charge in [-0.1, -0.05) is 30.3 Å². The van der Waals surface area contributed by atoms with Gasteiger partial charge in [-0.25, -0.2) is 0 Å². The molecule has 2 aromatic carbocycles. The van der Waals surface area contributed by atoms with Crippen molar-refractivity contribution in [2.24, 2.45) is 5.92 Å². The Morgan fingerprint density at radius 1 is 1.15 bits per heavy atom. The van der Waals surface area contributed by atoms with Crippen LogP contribution in [-0.4, -0.2) is 30.5 Å². The zero-order valence-electron chi connectivity index (χ0n) is 15.9. The van der Waals surface area contributed by atoms with E-state index >= 15 is 0 Å². The maximum Gasteiger partial charge on any atom is 0.298 e. The number of hydrogen-bond acceptors (Lipinski definition) is 4. The zero-order valence-corrected chi connectivity index (χ0v) is 15.9. The van der Waals surface area contributed by atoms with E-state index in [1.807, 2.05) is 54.3 Å². The molecule has 1 fully saturated rings. The van der Waals surface area contributed by atoms with E-state index in [1.54, 1.807) is 0 Å². The SMILES string of the molecule is CCN(C(=O)C1CCN(c2nc3ccccc3o2)CC1)c1ccccc1C. The molecule has 1 aromatic heterocycles. The average Bonchev–Trinajstić information content (AvgIpc) is 3.14. The van der Waals surface area contributed by atoms with Crippen LogP contribution in [0.25, 0.3) is 11.1 Å². The third-order valence-corrected chi connectivity index (χ3v) is 5.39. The molecule has 0 atom stereocenters. The number of anilines is 2. The van der Waals surface area contributed by atoms with Crippen LogP contribution in [-0.2, 0) is 4.79 Å². The number of benzene rings is 2. The van der Waals surface area contributed by atoms with Crippen molar-refractivity contribution in [3.63, 3.8) is 0 Å². The van der Waals surface area contributed by atoms with Crippen LogP contribution >= 0.6 is 0 Å². The van der Waals surface area contributed by atoms with Gasteiger partial charge in [0.2, 0.25) is 5.91 Å². The van der Waals surface area contributed by atoms with E-state index in [0.717, 1.165) is 48.3 Å². The molecule has 2 heterocycles. The molecule has 5 heteroatoms. The van der Waals surface area contributed by atoms with Gasteiger partial charge in [-0.15, -0.1) is 0 Å². The first-order chi connectivity index (χ1) is 13.2. The summed E-state index contributed by atoms with van der Waals surface area (Å²) in [7, 11) is 0. The van der Waals surface area contributed by atoms with E-state index in [2.05, 4.69) is 22.9 Å². The number of piperidine rings is 1. The van der Waals surface area contributed by atoms with Gasteiger partial charge < -0.3 is 14.2 Å². The molecular formula is C22H25N3O2. The Labute approximate surface area is 159 Å². The van der Waals surface area contributed by atoms with Crippen LogP contribution in [0.5, 0.6) is 0 Å². The largest absolute Gasteiger partial charge is 0.423 e. The molecule has 0 radical (unpaired) electrons. The van der Waals surface area contributed by atoms with Gasteiger partial charge in [-0.3, -0.25) is 4.79 Å². The number of aromatic nitrogens is 1. The van der Waals surface area contributed by atoms with Crippen LogP contribution in [0.1, 0.15) is 25.3 Å². The number of carbonyl (C=O) groups is 1. The standard InChI is InChI=1S/C22H25N3O2/c1-3-25(19-10-6-4-8-16(19)2)21(26)17-12-14-24(15-13-17)22-23-18-9-5-7-11-20(18)27-22/h4-11,17H,3,12-15H2,1-2H3. The Hall–Kier alpha value is -2.82. The van der Waals surface area contributed by atoms with E-state index < -0.39 is 0 Å². The lowest BCUT2D eigenvalue weighted by Crippen LogP contribution is -2.43. The van der Waals surface area contributed by atoms with Crippen LogP contribution in [0.15, 0.2) is 52.9 Å². The van der Waals surface area contributed by atoms with Crippen molar-refractivity contribution >= 4 is 28.7 Å². The maximum absolute atomic E-state index is 13.1. The average molecular weight is 363 g/mol. The quantitative estimate of drug-likeness (QED) is 0.689. The number of nitrogens with zero attached hydrogens (tertiary/aromatic N) is 3. The summed E-state index contributed by atoms with van der Waals surface area (Å²) in [5.74, 6) is 0.272.